The molecule has 1 aliphatic heterocycles. The number of nitrogens with one attached hydrogen (secondary N) is 2. The first-order valence-electron chi connectivity index (χ1n) is 6.71. The molecule has 1 atom stereocenters. The minimum absolute atomic E-state index is 0.0170. The molecule has 0 saturated heterocycles. The van der Waals surface area contributed by atoms with Crippen molar-refractivity contribution in [1.29, 1.82) is 0 Å². The van der Waals surface area contributed by atoms with Crippen molar-refractivity contribution < 1.29 is 14.3 Å². The Labute approximate surface area is 116 Å². The number of nitrogen functional groups attached to an aromatic ring is 1. The van der Waals surface area contributed by atoms with E-state index in [4.69, 9.17) is 10.5 Å². The predicted octanol–water partition coefficient (Wildman–Crippen LogP) is 1.58. The van der Waals surface area contributed by atoms with Gasteiger partial charge in [0, 0.05) is 12.0 Å². The summed E-state index contributed by atoms with van der Waals surface area (Å²) < 4.78 is 5.27. The molecular weight excluding hydrogens is 258 g/mol. The van der Waals surface area contributed by atoms with Crippen LogP contribution in [0.2, 0.25) is 0 Å². The van der Waals surface area contributed by atoms with E-state index in [2.05, 4.69) is 10.6 Å². The molecule has 1 aromatic carbocycles. The Kier molecular flexibility index (Phi) is 3.00. The third-order valence-corrected chi connectivity index (χ3v) is 3.79. The van der Waals surface area contributed by atoms with Gasteiger partial charge >= 0.3 is 0 Å². The summed E-state index contributed by atoms with van der Waals surface area (Å²) in [5, 5.41) is 5.52. The molecule has 0 radical (unpaired) electrons. The van der Waals surface area contributed by atoms with Crippen molar-refractivity contribution in [2.75, 3.05) is 23.0 Å². The second-order valence-electron chi connectivity index (χ2n) is 5.39. The van der Waals surface area contributed by atoms with Gasteiger partial charge in [-0.05, 0) is 24.8 Å². The van der Waals surface area contributed by atoms with Crippen molar-refractivity contribution in [2.45, 2.75) is 19.8 Å². The number of rotatable bonds is 3. The van der Waals surface area contributed by atoms with Gasteiger partial charge in [0.2, 0.25) is 5.91 Å². The van der Waals surface area contributed by atoms with Gasteiger partial charge in [-0.25, -0.2) is 0 Å². The third-order valence-electron chi connectivity index (χ3n) is 3.79. The van der Waals surface area contributed by atoms with Crippen LogP contribution in [-0.2, 0) is 9.59 Å². The first kappa shape index (κ1) is 12.8. The fourth-order valence-corrected chi connectivity index (χ4v) is 2.31. The lowest BCUT2D eigenvalue weighted by atomic mass is 10.1. The summed E-state index contributed by atoms with van der Waals surface area (Å²) in [7, 11) is 0. The maximum absolute atomic E-state index is 12.1. The summed E-state index contributed by atoms with van der Waals surface area (Å²) in [6.07, 6.45) is 2.22. The van der Waals surface area contributed by atoms with Crippen LogP contribution >= 0.6 is 0 Å². The molecule has 2 aliphatic rings. The van der Waals surface area contributed by atoms with Crippen LogP contribution in [0.15, 0.2) is 12.1 Å². The lowest BCUT2D eigenvalue weighted by molar-refractivity contribution is -0.120. The summed E-state index contributed by atoms with van der Waals surface area (Å²) in [6.45, 7) is 1.91. The Hall–Kier alpha value is -2.24. The van der Waals surface area contributed by atoms with E-state index in [1.165, 1.54) is 0 Å². The second kappa shape index (κ2) is 4.70. The van der Waals surface area contributed by atoms with E-state index in [0.717, 1.165) is 12.8 Å². The minimum atomic E-state index is -0.217. The molecule has 6 nitrogen and oxygen atoms in total. The molecule has 0 spiro atoms. The third kappa shape index (κ3) is 2.41. The molecule has 6 heteroatoms. The lowest BCUT2D eigenvalue weighted by Crippen LogP contribution is -2.26. The van der Waals surface area contributed by atoms with E-state index in [1.54, 1.807) is 12.1 Å². The standard InChI is InChI=1S/C14H17N3O3/c1-7(8-2-3-8)14(19)17-10-5-11-12(4-9(10)15)20-6-13(18)16-11/h4-5,7-8H,2-3,6,15H2,1H3,(H,16,18)(H,17,19). The van der Waals surface area contributed by atoms with Crippen molar-refractivity contribution in [3.63, 3.8) is 0 Å². The molecule has 20 heavy (non-hydrogen) atoms. The minimum Gasteiger partial charge on any atom is -0.482 e. The Morgan fingerprint density at radius 2 is 2.25 bits per heavy atom. The number of carbonyl (C=O) groups excluding carboxylic acids is 2. The number of ether oxygens (including phenoxy) is 1. The van der Waals surface area contributed by atoms with Gasteiger partial charge in [-0.2, -0.15) is 0 Å². The summed E-state index contributed by atoms with van der Waals surface area (Å²) in [6, 6.07) is 3.26. The largest absolute Gasteiger partial charge is 0.482 e. The Bertz CT molecular complexity index is 581. The first-order valence-corrected chi connectivity index (χ1v) is 6.71. The molecule has 1 fully saturated rings. The molecule has 0 bridgehead atoms. The highest BCUT2D eigenvalue weighted by atomic mass is 16.5. The average Bonchev–Trinajstić information content (AvgIpc) is 3.23. The Balaban J connectivity index is 1.80. The molecule has 1 unspecified atom stereocenters. The van der Waals surface area contributed by atoms with Crippen LogP contribution in [-0.4, -0.2) is 18.4 Å². The van der Waals surface area contributed by atoms with Crippen molar-refractivity contribution in [3.05, 3.63) is 12.1 Å². The summed E-state index contributed by atoms with van der Waals surface area (Å²) in [5.74, 6) is 0.733. The fraction of sp³-hybridized carbons (Fsp3) is 0.429. The van der Waals surface area contributed by atoms with Gasteiger partial charge in [-0.1, -0.05) is 6.92 Å². The number of carbonyl (C=O) groups is 2. The molecule has 2 amide bonds. The van der Waals surface area contributed by atoms with Gasteiger partial charge in [0.05, 0.1) is 17.1 Å². The van der Waals surface area contributed by atoms with E-state index in [0.29, 0.717) is 28.7 Å². The summed E-state index contributed by atoms with van der Waals surface area (Å²) in [5.41, 5.74) is 7.38. The first-order chi connectivity index (χ1) is 9.54. The molecule has 4 N–H and O–H groups in total. The number of fused-ring (bicyclic) bond motifs is 1. The molecule has 1 heterocycles. The SMILES string of the molecule is CC(C(=O)Nc1cc2c(cc1N)OCC(=O)N2)C1CC1. The van der Waals surface area contributed by atoms with Crippen molar-refractivity contribution >= 4 is 28.9 Å². The van der Waals surface area contributed by atoms with Crippen LogP contribution in [0.1, 0.15) is 19.8 Å². The molecule has 106 valence electrons. The topological polar surface area (TPSA) is 93.5 Å². The summed E-state index contributed by atoms with van der Waals surface area (Å²) in [4.78, 5) is 23.4. The molecule has 1 aromatic rings. The Morgan fingerprint density at radius 1 is 1.50 bits per heavy atom. The highest BCUT2D eigenvalue weighted by Crippen LogP contribution is 2.38. The highest BCUT2D eigenvalue weighted by Gasteiger charge is 2.32. The van der Waals surface area contributed by atoms with Crippen molar-refractivity contribution in [3.8, 4) is 5.75 Å². The smallest absolute Gasteiger partial charge is 0.262 e. The van der Waals surface area contributed by atoms with Gasteiger partial charge < -0.3 is 21.1 Å². The van der Waals surface area contributed by atoms with Gasteiger partial charge in [-0.15, -0.1) is 0 Å². The van der Waals surface area contributed by atoms with Crippen LogP contribution < -0.4 is 21.1 Å². The number of anilines is 3. The van der Waals surface area contributed by atoms with Gasteiger partial charge in [0.25, 0.3) is 5.91 Å². The lowest BCUT2D eigenvalue weighted by Gasteiger charge is -2.20. The number of hydrogen-bond acceptors (Lipinski definition) is 4. The molecule has 3 rings (SSSR count). The fourth-order valence-electron chi connectivity index (χ4n) is 2.31. The molecule has 0 aromatic heterocycles. The van der Waals surface area contributed by atoms with Crippen LogP contribution in [0, 0.1) is 11.8 Å². The zero-order chi connectivity index (χ0) is 14.3. The molecule has 1 aliphatic carbocycles. The monoisotopic (exact) mass is 275 g/mol. The second-order valence-corrected chi connectivity index (χ2v) is 5.39. The zero-order valence-corrected chi connectivity index (χ0v) is 11.2. The van der Waals surface area contributed by atoms with E-state index >= 15 is 0 Å². The van der Waals surface area contributed by atoms with Gasteiger partial charge in [0.15, 0.2) is 6.61 Å². The van der Waals surface area contributed by atoms with Crippen LogP contribution in [0.5, 0.6) is 5.75 Å². The number of hydrogen-bond donors (Lipinski definition) is 3. The maximum atomic E-state index is 12.1. The highest BCUT2D eigenvalue weighted by molar-refractivity contribution is 6.00. The number of amides is 2. The summed E-state index contributed by atoms with van der Waals surface area (Å²) >= 11 is 0. The zero-order valence-electron chi connectivity index (χ0n) is 11.2. The van der Waals surface area contributed by atoms with Crippen LogP contribution in [0.4, 0.5) is 17.1 Å². The van der Waals surface area contributed by atoms with Crippen molar-refractivity contribution in [2.24, 2.45) is 11.8 Å². The predicted molar refractivity (Wildman–Crippen MR) is 75.5 cm³/mol. The van der Waals surface area contributed by atoms with Gasteiger partial charge in [0.1, 0.15) is 5.75 Å². The van der Waals surface area contributed by atoms with Crippen LogP contribution in [0.25, 0.3) is 0 Å². The quantitative estimate of drug-likeness (QED) is 0.730. The molecule has 1 saturated carbocycles. The Morgan fingerprint density at radius 3 is 2.95 bits per heavy atom. The molecular formula is C14H17N3O3. The van der Waals surface area contributed by atoms with E-state index in [-0.39, 0.29) is 24.3 Å². The number of nitrogens with two attached hydrogens (primary N) is 1. The van der Waals surface area contributed by atoms with Crippen LogP contribution in [0.3, 0.4) is 0 Å². The van der Waals surface area contributed by atoms with E-state index in [9.17, 15) is 9.59 Å². The maximum Gasteiger partial charge on any atom is 0.262 e. The van der Waals surface area contributed by atoms with E-state index in [1.807, 2.05) is 6.92 Å². The van der Waals surface area contributed by atoms with Crippen molar-refractivity contribution in [1.82, 2.24) is 0 Å². The van der Waals surface area contributed by atoms with Gasteiger partial charge in [-0.3, -0.25) is 9.59 Å². The number of benzene rings is 1. The van der Waals surface area contributed by atoms with E-state index < -0.39 is 0 Å². The normalized spacial score (nSPS) is 18.6. The average molecular weight is 275 g/mol.